The van der Waals surface area contributed by atoms with Crippen LogP contribution in [0.5, 0.6) is 0 Å². The third kappa shape index (κ3) is 6.45. The zero-order chi connectivity index (χ0) is 26.0. The van der Waals surface area contributed by atoms with Crippen molar-refractivity contribution in [1.29, 1.82) is 0 Å². The predicted molar refractivity (Wildman–Crippen MR) is 107 cm³/mol. The van der Waals surface area contributed by atoms with Crippen molar-refractivity contribution < 1.29 is 35.9 Å². The summed E-state index contributed by atoms with van der Waals surface area (Å²) in [5.74, 6) is -1.04. The molecule has 1 aliphatic heterocycles. The van der Waals surface area contributed by atoms with Crippen LogP contribution in [0.15, 0.2) is 23.3 Å². The highest BCUT2D eigenvalue weighted by molar-refractivity contribution is 5.85. The van der Waals surface area contributed by atoms with Gasteiger partial charge in [-0.05, 0) is 6.07 Å². The SMILES string of the molecule is CN(CC(=O)N1CCN(c2ncc(C(F)(F)F)cn2)CC1)C(=O)Cc1cc(C(F)(F)F)c(=O)[nH]n1. The number of hydrogen-bond donors (Lipinski definition) is 1. The van der Waals surface area contributed by atoms with Gasteiger partial charge in [0.2, 0.25) is 17.8 Å². The molecule has 0 bridgehead atoms. The number of halogens is 6. The number of aromatic nitrogens is 4. The van der Waals surface area contributed by atoms with E-state index in [4.69, 9.17) is 0 Å². The Morgan fingerprint density at radius 3 is 2.17 bits per heavy atom. The molecule has 1 aliphatic rings. The fraction of sp³-hybridized carbons (Fsp3) is 0.474. The molecule has 3 rings (SSSR count). The highest BCUT2D eigenvalue weighted by Gasteiger charge is 2.35. The number of carbonyl (C=O) groups excluding carboxylic acids is 2. The van der Waals surface area contributed by atoms with Crippen LogP contribution in [-0.2, 0) is 28.4 Å². The molecule has 0 aromatic carbocycles. The third-order valence-corrected chi connectivity index (χ3v) is 5.17. The summed E-state index contributed by atoms with van der Waals surface area (Å²) in [7, 11) is 1.29. The van der Waals surface area contributed by atoms with Crippen LogP contribution in [0.25, 0.3) is 0 Å². The Morgan fingerprint density at radius 2 is 1.63 bits per heavy atom. The van der Waals surface area contributed by atoms with Crippen molar-refractivity contribution in [3.05, 3.63) is 45.6 Å². The van der Waals surface area contributed by atoms with E-state index in [0.717, 1.165) is 4.90 Å². The predicted octanol–water partition coefficient (Wildman–Crippen LogP) is 0.947. The molecule has 3 heterocycles. The van der Waals surface area contributed by atoms with Crippen molar-refractivity contribution in [2.75, 3.05) is 44.7 Å². The van der Waals surface area contributed by atoms with Crippen molar-refractivity contribution in [3.8, 4) is 0 Å². The largest absolute Gasteiger partial charge is 0.421 e. The van der Waals surface area contributed by atoms with Gasteiger partial charge in [0.05, 0.1) is 24.2 Å². The Hall–Kier alpha value is -3.72. The quantitative estimate of drug-likeness (QED) is 0.600. The van der Waals surface area contributed by atoms with E-state index >= 15 is 0 Å². The average Bonchev–Trinajstić information content (AvgIpc) is 2.79. The molecule has 2 amide bonds. The van der Waals surface area contributed by atoms with Crippen LogP contribution in [-0.4, -0.2) is 81.6 Å². The number of alkyl halides is 6. The van der Waals surface area contributed by atoms with E-state index in [1.165, 1.54) is 11.9 Å². The molecule has 10 nitrogen and oxygen atoms in total. The summed E-state index contributed by atoms with van der Waals surface area (Å²) in [6.45, 7) is 0.529. The maximum absolute atomic E-state index is 12.9. The van der Waals surface area contributed by atoms with Gasteiger partial charge >= 0.3 is 12.4 Å². The fourth-order valence-electron chi connectivity index (χ4n) is 3.22. The second kappa shape index (κ2) is 9.87. The number of rotatable bonds is 5. The lowest BCUT2D eigenvalue weighted by atomic mass is 10.2. The summed E-state index contributed by atoms with van der Waals surface area (Å²) in [5, 5.41) is 5.14. The Kier molecular flexibility index (Phi) is 7.30. The zero-order valence-corrected chi connectivity index (χ0v) is 18.2. The summed E-state index contributed by atoms with van der Waals surface area (Å²) < 4.78 is 76.5. The summed E-state index contributed by atoms with van der Waals surface area (Å²) >= 11 is 0. The van der Waals surface area contributed by atoms with Gasteiger partial charge in [-0.3, -0.25) is 14.4 Å². The molecule has 0 atom stereocenters. The first-order valence-corrected chi connectivity index (χ1v) is 10.1. The van der Waals surface area contributed by atoms with Crippen molar-refractivity contribution in [1.82, 2.24) is 30.0 Å². The van der Waals surface area contributed by atoms with Gasteiger partial charge in [0.15, 0.2) is 0 Å². The van der Waals surface area contributed by atoms with Gasteiger partial charge in [0.25, 0.3) is 5.56 Å². The monoisotopic (exact) mass is 507 g/mol. The number of likely N-dealkylation sites (N-methyl/N-ethyl adjacent to an activating group) is 1. The minimum Gasteiger partial charge on any atom is -0.338 e. The van der Waals surface area contributed by atoms with E-state index in [-0.39, 0.29) is 44.4 Å². The minimum atomic E-state index is -4.91. The van der Waals surface area contributed by atoms with Gasteiger partial charge in [-0.25, -0.2) is 15.1 Å². The topological polar surface area (TPSA) is 115 Å². The number of H-pyrrole nitrogens is 1. The maximum atomic E-state index is 12.9. The molecule has 1 saturated heterocycles. The molecule has 35 heavy (non-hydrogen) atoms. The van der Waals surface area contributed by atoms with Gasteiger partial charge in [0.1, 0.15) is 5.56 Å². The summed E-state index contributed by atoms with van der Waals surface area (Å²) in [6.07, 6.45) is -8.68. The average molecular weight is 507 g/mol. The third-order valence-electron chi connectivity index (χ3n) is 5.17. The maximum Gasteiger partial charge on any atom is 0.421 e. The molecule has 2 aromatic rings. The Bertz CT molecular complexity index is 1130. The normalized spacial score (nSPS) is 14.7. The Balaban J connectivity index is 1.52. The zero-order valence-electron chi connectivity index (χ0n) is 18.2. The molecular formula is C19H19F6N7O3. The smallest absolute Gasteiger partial charge is 0.338 e. The van der Waals surface area contributed by atoms with E-state index in [2.05, 4.69) is 15.1 Å². The first-order chi connectivity index (χ1) is 16.3. The van der Waals surface area contributed by atoms with Crippen LogP contribution in [0, 0.1) is 0 Å². The standard InChI is InChI=1S/C19H19F6N7O3/c1-30(14(33)7-12-6-13(19(23,24)25)16(35)29-28-12)10-15(34)31-2-4-32(5-3-31)17-26-8-11(9-27-17)18(20,21)22/h6,8-9H,2-5,7,10H2,1H3,(H,29,35). The number of nitrogens with one attached hydrogen (secondary N) is 1. The minimum absolute atomic E-state index is 0.0871. The Morgan fingerprint density at radius 1 is 1.03 bits per heavy atom. The molecule has 1 N–H and O–H groups in total. The summed E-state index contributed by atoms with van der Waals surface area (Å²) in [4.78, 5) is 47.7. The molecule has 0 saturated carbocycles. The highest BCUT2D eigenvalue weighted by Crippen LogP contribution is 2.28. The lowest BCUT2D eigenvalue weighted by Crippen LogP contribution is -2.52. The van der Waals surface area contributed by atoms with Gasteiger partial charge in [-0.15, -0.1) is 0 Å². The second-order valence-electron chi connectivity index (χ2n) is 7.66. The van der Waals surface area contributed by atoms with Crippen LogP contribution in [0.1, 0.15) is 16.8 Å². The van der Waals surface area contributed by atoms with E-state index in [9.17, 15) is 40.7 Å². The number of anilines is 1. The van der Waals surface area contributed by atoms with E-state index in [1.807, 2.05) is 0 Å². The molecule has 0 spiro atoms. The first-order valence-electron chi connectivity index (χ1n) is 10.1. The van der Waals surface area contributed by atoms with E-state index < -0.39 is 47.3 Å². The Labute approximate surface area is 193 Å². The summed E-state index contributed by atoms with van der Waals surface area (Å²) in [6, 6.07) is 0.481. The second-order valence-corrected chi connectivity index (χ2v) is 7.66. The van der Waals surface area contributed by atoms with Gasteiger partial charge < -0.3 is 14.7 Å². The van der Waals surface area contributed by atoms with Crippen LogP contribution in [0.4, 0.5) is 32.3 Å². The van der Waals surface area contributed by atoms with Gasteiger partial charge in [-0.2, -0.15) is 31.4 Å². The van der Waals surface area contributed by atoms with Crippen LogP contribution in [0.2, 0.25) is 0 Å². The number of piperazine rings is 1. The van der Waals surface area contributed by atoms with E-state index in [0.29, 0.717) is 18.5 Å². The van der Waals surface area contributed by atoms with E-state index in [1.54, 1.807) is 10.00 Å². The lowest BCUT2D eigenvalue weighted by Gasteiger charge is -2.35. The van der Waals surface area contributed by atoms with Crippen LogP contribution < -0.4 is 10.5 Å². The molecule has 16 heteroatoms. The lowest BCUT2D eigenvalue weighted by molar-refractivity contribution is -0.140. The molecule has 1 fully saturated rings. The van der Waals surface area contributed by atoms with Crippen molar-refractivity contribution >= 4 is 17.8 Å². The molecule has 190 valence electrons. The fourth-order valence-corrected chi connectivity index (χ4v) is 3.22. The van der Waals surface area contributed by atoms with Crippen LogP contribution in [0.3, 0.4) is 0 Å². The number of amides is 2. The molecule has 2 aromatic heterocycles. The molecule has 0 unspecified atom stereocenters. The van der Waals surface area contributed by atoms with Crippen molar-refractivity contribution in [2.24, 2.45) is 0 Å². The van der Waals surface area contributed by atoms with Gasteiger partial charge in [-0.1, -0.05) is 0 Å². The first kappa shape index (κ1) is 25.9. The summed E-state index contributed by atoms with van der Waals surface area (Å²) in [5.41, 5.74) is -4.21. The number of nitrogens with zero attached hydrogens (tertiary/aromatic N) is 6. The number of aromatic amines is 1. The van der Waals surface area contributed by atoms with Crippen LogP contribution >= 0.6 is 0 Å². The molecular weight excluding hydrogens is 488 g/mol. The molecule has 0 aliphatic carbocycles. The highest BCUT2D eigenvalue weighted by atomic mass is 19.4. The van der Waals surface area contributed by atoms with Crippen molar-refractivity contribution in [2.45, 2.75) is 18.8 Å². The van der Waals surface area contributed by atoms with Gasteiger partial charge in [0, 0.05) is 45.6 Å². The van der Waals surface area contributed by atoms with Crippen molar-refractivity contribution in [3.63, 3.8) is 0 Å². The molecule has 0 radical (unpaired) electrons. The number of carbonyl (C=O) groups is 2. The number of hydrogen-bond acceptors (Lipinski definition) is 7.